The Hall–Kier alpha value is -1.60. The van der Waals surface area contributed by atoms with Gasteiger partial charge in [0, 0.05) is 31.6 Å². The minimum atomic E-state index is -0.0149. The van der Waals surface area contributed by atoms with Crippen LogP contribution in [0.15, 0.2) is 10.9 Å². The molecule has 0 saturated carbocycles. The molecular formula is C15H21N5OS. The summed E-state index contributed by atoms with van der Waals surface area (Å²) in [6.45, 7) is 9.84. The van der Waals surface area contributed by atoms with E-state index in [2.05, 4.69) is 26.5 Å². The fraction of sp³-hybridized carbons (Fsp3) is 0.600. The highest BCUT2D eigenvalue weighted by atomic mass is 32.1. The van der Waals surface area contributed by atoms with E-state index in [1.54, 1.807) is 10.7 Å². The standard InChI is InChI=1S/C15H21N5OS/c1-9(2)20-14(21)7-12-8-19(6-5-13(12)17-20)11(4)15-10(3)16-18-22-15/h7,9,11H,5-6,8H2,1-4H3. The van der Waals surface area contributed by atoms with Crippen LogP contribution in [0.5, 0.6) is 0 Å². The molecule has 7 heteroatoms. The quantitative estimate of drug-likeness (QED) is 0.867. The Morgan fingerprint density at radius 1 is 1.32 bits per heavy atom. The second-order valence-corrected chi connectivity index (χ2v) is 6.90. The van der Waals surface area contributed by atoms with E-state index in [-0.39, 0.29) is 17.6 Å². The van der Waals surface area contributed by atoms with Crippen molar-refractivity contribution in [2.75, 3.05) is 6.54 Å². The van der Waals surface area contributed by atoms with Crippen molar-refractivity contribution in [3.63, 3.8) is 0 Å². The van der Waals surface area contributed by atoms with Crippen molar-refractivity contribution in [3.05, 3.63) is 38.2 Å². The van der Waals surface area contributed by atoms with Gasteiger partial charge in [-0.25, -0.2) is 4.68 Å². The summed E-state index contributed by atoms with van der Waals surface area (Å²) in [6.07, 6.45) is 0.873. The van der Waals surface area contributed by atoms with Crippen LogP contribution in [0.25, 0.3) is 0 Å². The molecule has 1 aliphatic heterocycles. The van der Waals surface area contributed by atoms with Gasteiger partial charge in [0.25, 0.3) is 5.56 Å². The van der Waals surface area contributed by atoms with Gasteiger partial charge in [0.05, 0.1) is 22.3 Å². The number of rotatable bonds is 3. The van der Waals surface area contributed by atoms with Crippen LogP contribution in [0, 0.1) is 6.92 Å². The van der Waals surface area contributed by atoms with Gasteiger partial charge in [0.15, 0.2) is 0 Å². The van der Waals surface area contributed by atoms with Crippen molar-refractivity contribution in [3.8, 4) is 0 Å². The smallest absolute Gasteiger partial charge is 0.267 e. The first-order chi connectivity index (χ1) is 10.5. The molecule has 2 aromatic heterocycles. The predicted molar refractivity (Wildman–Crippen MR) is 86.1 cm³/mol. The lowest BCUT2D eigenvalue weighted by Gasteiger charge is -2.32. The molecular weight excluding hydrogens is 298 g/mol. The van der Waals surface area contributed by atoms with E-state index in [0.29, 0.717) is 0 Å². The SMILES string of the molecule is Cc1nnsc1C(C)N1CCc2nn(C(C)C)c(=O)cc2C1. The predicted octanol–water partition coefficient (Wildman–Crippen LogP) is 2.10. The fourth-order valence-corrected chi connectivity index (χ4v) is 3.65. The van der Waals surface area contributed by atoms with Crippen LogP contribution in [0.3, 0.4) is 0 Å². The lowest BCUT2D eigenvalue weighted by atomic mass is 10.0. The van der Waals surface area contributed by atoms with Crippen LogP contribution >= 0.6 is 11.5 Å². The second-order valence-electron chi connectivity index (χ2n) is 6.11. The molecule has 3 rings (SSSR count). The molecule has 3 heterocycles. The highest BCUT2D eigenvalue weighted by molar-refractivity contribution is 7.05. The number of hydrogen-bond acceptors (Lipinski definition) is 6. The van der Waals surface area contributed by atoms with E-state index in [9.17, 15) is 4.79 Å². The summed E-state index contributed by atoms with van der Waals surface area (Å²) in [5.74, 6) is 0. The Kier molecular flexibility index (Phi) is 4.10. The zero-order chi connectivity index (χ0) is 15.9. The zero-order valence-electron chi connectivity index (χ0n) is 13.4. The molecule has 0 amide bonds. The summed E-state index contributed by atoms with van der Waals surface area (Å²) in [6, 6.07) is 2.11. The summed E-state index contributed by atoms with van der Waals surface area (Å²) >= 11 is 1.46. The summed E-state index contributed by atoms with van der Waals surface area (Å²) in [4.78, 5) is 15.7. The minimum Gasteiger partial charge on any atom is -0.291 e. The monoisotopic (exact) mass is 319 g/mol. The topological polar surface area (TPSA) is 63.9 Å². The lowest BCUT2D eigenvalue weighted by Crippen LogP contribution is -2.36. The third-order valence-electron chi connectivity index (χ3n) is 4.23. The molecule has 1 aliphatic rings. The number of aromatic nitrogens is 4. The van der Waals surface area contributed by atoms with Crippen LogP contribution in [0.2, 0.25) is 0 Å². The van der Waals surface area contributed by atoms with Crippen LogP contribution in [0.4, 0.5) is 0 Å². The molecule has 2 aromatic rings. The highest BCUT2D eigenvalue weighted by Gasteiger charge is 2.26. The van der Waals surface area contributed by atoms with Gasteiger partial charge >= 0.3 is 0 Å². The maximum Gasteiger partial charge on any atom is 0.267 e. The van der Waals surface area contributed by atoms with Gasteiger partial charge in [0.2, 0.25) is 0 Å². The van der Waals surface area contributed by atoms with Crippen molar-refractivity contribution in [1.82, 2.24) is 24.3 Å². The molecule has 0 saturated heterocycles. The van der Waals surface area contributed by atoms with Crippen molar-refractivity contribution in [1.29, 1.82) is 0 Å². The van der Waals surface area contributed by atoms with Crippen molar-refractivity contribution < 1.29 is 0 Å². The van der Waals surface area contributed by atoms with E-state index in [4.69, 9.17) is 0 Å². The number of fused-ring (bicyclic) bond motifs is 1. The molecule has 0 spiro atoms. The Labute approximate surface area is 133 Å². The molecule has 0 aliphatic carbocycles. The maximum atomic E-state index is 12.2. The molecule has 0 N–H and O–H groups in total. The molecule has 0 radical (unpaired) electrons. The summed E-state index contributed by atoms with van der Waals surface area (Å²) in [7, 11) is 0. The lowest BCUT2D eigenvalue weighted by molar-refractivity contribution is 0.190. The Balaban J connectivity index is 1.87. The van der Waals surface area contributed by atoms with Gasteiger partial charge in [-0.05, 0) is 44.8 Å². The first kappa shape index (κ1) is 15.3. The Morgan fingerprint density at radius 3 is 2.73 bits per heavy atom. The molecule has 6 nitrogen and oxygen atoms in total. The van der Waals surface area contributed by atoms with E-state index in [1.807, 2.05) is 20.8 Å². The van der Waals surface area contributed by atoms with Crippen molar-refractivity contribution in [2.24, 2.45) is 0 Å². The van der Waals surface area contributed by atoms with Crippen LogP contribution in [-0.2, 0) is 13.0 Å². The van der Waals surface area contributed by atoms with Gasteiger partial charge in [0.1, 0.15) is 0 Å². The molecule has 0 aromatic carbocycles. The van der Waals surface area contributed by atoms with Gasteiger partial charge in [-0.3, -0.25) is 9.69 Å². The normalized spacial score (nSPS) is 16.8. The molecule has 0 fully saturated rings. The molecule has 1 atom stereocenters. The largest absolute Gasteiger partial charge is 0.291 e. The minimum absolute atomic E-state index is 0.0149. The summed E-state index contributed by atoms with van der Waals surface area (Å²) < 4.78 is 5.60. The van der Waals surface area contributed by atoms with Crippen LogP contribution < -0.4 is 5.56 Å². The van der Waals surface area contributed by atoms with Crippen LogP contribution in [-0.4, -0.2) is 30.8 Å². The first-order valence-electron chi connectivity index (χ1n) is 7.62. The molecule has 0 bridgehead atoms. The zero-order valence-corrected chi connectivity index (χ0v) is 14.2. The summed E-state index contributed by atoms with van der Waals surface area (Å²) in [5, 5.41) is 8.64. The maximum absolute atomic E-state index is 12.2. The Bertz CT molecular complexity index is 736. The van der Waals surface area contributed by atoms with Crippen LogP contribution in [0.1, 0.15) is 54.7 Å². The first-order valence-corrected chi connectivity index (χ1v) is 8.39. The van der Waals surface area contributed by atoms with E-state index in [1.165, 1.54) is 16.4 Å². The third-order valence-corrected chi connectivity index (χ3v) is 5.23. The van der Waals surface area contributed by atoms with E-state index in [0.717, 1.165) is 36.5 Å². The fourth-order valence-electron chi connectivity index (χ4n) is 2.92. The van der Waals surface area contributed by atoms with E-state index < -0.39 is 0 Å². The number of nitrogens with zero attached hydrogens (tertiary/aromatic N) is 5. The van der Waals surface area contributed by atoms with Crippen molar-refractivity contribution >= 4 is 11.5 Å². The Morgan fingerprint density at radius 2 is 2.09 bits per heavy atom. The molecule has 118 valence electrons. The number of hydrogen-bond donors (Lipinski definition) is 0. The summed E-state index contributed by atoms with van der Waals surface area (Å²) in [5.41, 5.74) is 3.08. The van der Waals surface area contributed by atoms with Crippen molar-refractivity contribution in [2.45, 2.75) is 52.7 Å². The third kappa shape index (κ3) is 2.70. The van der Waals surface area contributed by atoms with Gasteiger partial charge < -0.3 is 0 Å². The highest BCUT2D eigenvalue weighted by Crippen LogP contribution is 2.29. The molecule has 22 heavy (non-hydrogen) atoms. The van der Waals surface area contributed by atoms with E-state index >= 15 is 0 Å². The second kappa shape index (κ2) is 5.89. The average molecular weight is 319 g/mol. The molecule has 1 unspecified atom stereocenters. The van der Waals surface area contributed by atoms with Gasteiger partial charge in [-0.15, -0.1) is 5.10 Å². The van der Waals surface area contributed by atoms with Gasteiger partial charge in [-0.1, -0.05) is 4.49 Å². The number of aryl methyl sites for hydroxylation is 1. The van der Waals surface area contributed by atoms with Gasteiger partial charge in [-0.2, -0.15) is 5.10 Å². The average Bonchev–Trinajstić information content (AvgIpc) is 2.91.